The lowest BCUT2D eigenvalue weighted by atomic mass is 9.42. The molecule has 4 nitrogen and oxygen atoms in total. The van der Waals surface area contributed by atoms with E-state index in [-0.39, 0.29) is 5.41 Å². The van der Waals surface area contributed by atoms with Gasteiger partial charge in [0.2, 0.25) is 12.2 Å². The zero-order chi connectivity index (χ0) is 19.1. The number of rotatable bonds is 4. The molecule has 0 radical (unpaired) electrons. The molecule has 4 saturated carbocycles. The van der Waals surface area contributed by atoms with Crippen molar-refractivity contribution in [2.75, 3.05) is 0 Å². The summed E-state index contributed by atoms with van der Waals surface area (Å²) in [5.41, 5.74) is 4.19. The number of aliphatic imine (C=N–C) groups is 2. The van der Waals surface area contributed by atoms with Gasteiger partial charge in [0.1, 0.15) is 0 Å². The molecule has 4 fully saturated rings. The highest BCUT2D eigenvalue weighted by atomic mass is 16.1. The minimum Gasteiger partial charge on any atom is -0.211 e. The molecule has 4 aliphatic rings. The third-order valence-corrected chi connectivity index (χ3v) is 7.36. The predicted octanol–water partition coefficient (Wildman–Crippen LogP) is 5.48. The Hall–Kier alpha value is -2.80. The van der Waals surface area contributed by atoms with Crippen LogP contribution in [0.15, 0.2) is 58.5 Å². The monoisotopic (exact) mass is 370 g/mol. The van der Waals surface area contributed by atoms with Crippen LogP contribution >= 0.6 is 0 Å². The van der Waals surface area contributed by atoms with E-state index < -0.39 is 0 Å². The molecule has 28 heavy (non-hydrogen) atoms. The molecule has 2 aromatic carbocycles. The highest BCUT2D eigenvalue weighted by molar-refractivity contribution is 5.52. The molecule has 0 amide bonds. The Labute approximate surface area is 164 Å². The van der Waals surface area contributed by atoms with Crippen molar-refractivity contribution in [2.24, 2.45) is 27.7 Å². The molecule has 4 bridgehead atoms. The lowest BCUT2D eigenvalue weighted by Gasteiger charge is -2.62. The van der Waals surface area contributed by atoms with Gasteiger partial charge in [-0.15, -0.1) is 0 Å². The Morgan fingerprint density at radius 3 is 1.82 bits per heavy atom. The van der Waals surface area contributed by atoms with Gasteiger partial charge in [0.05, 0.1) is 11.4 Å². The molecule has 4 aliphatic carbocycles. The van der Waals surface area contributed by atoms with Crippen LogP contribution in [-0.2, 0) is 15.0 Å². The van der Waals surface area contributed by atoms with Crippen molar-refractivity contribution in [1.82, 2.24) is 0 Å². The van der Waals surface area contributed by atoms with Gasteiger partial charge in [-0.2, -0.15) is 9.98 Å². The zero-order valence-corrected chi connectivity index (χ0v) is 15.7. The molecule has 0 saturated heterocycles. The van der Waals surface area contributed by atoms with Crippen LogP contribution in [0.2, 0.25) is 0 Å². The second kappa shape index (κ2) is 6.67. The number of hydrogen-bond donors (Lipinski definition) is 0. The highest BCUT2D eigenvalue weighted by Gasteiger charge is 2.57. The Kier molecular flexibility index (Phi) is 4.12. The average Bonchev–Trinajstić information content (AvgIpc) is 2.69. The average molecular weight is 370 g/mol. The topological polar surface area (TPSA) is 58.9 Å². The summed E-state index contributed by atoms with van der Waals surface area (Å²) >= 11 is 0. The van der Waals surface area contributed by atoms with Crippen molar-refractivity contribution in [3.05, 3.63) is 59.7 Å². The standard InChI is InChI=1S/C24H22N2O2/c27-14-25-21-5-1-18(2-6-21)23-19-10-16-9-17(11-19)13-24(23,12-16)20-3-7-22(8-4-20)26-15-28/h1-8,16-17,19,23H,9-13H2. The number of carbonyl (C=O) groups excluding carboxylic acids is 2. The maximum absolute atomic E-state index is 10.6. The molecule has 0 N–H and O–H groups in total. The lowest BCUT2D eigenvalue weighted by Crippen LogP contribution is -2.53. The Bertz CT molecular complexity index is 968. The summed E-state index contributed by atoms with van der Waals surface area (Å²) < 4.78 is 0. The third-order valence-electron chi connectivity index (χ3n) is 7.36. The quantitative estimate of drug-likeness (QED) is 0.528. The van der Waals surface area contributed by atoms with Crippen molar-refractivity contribution < 1.29 is 9.59 Å². The van der Waals surface area contributed by atoms with Gasteiger partial charge in [-0.25, -0.2) is 9.59 Å². The van der Waals surface area contributed by atoms with E-state index in [1.165, 1.54) is 43.2 Å². The summed E-state index contributed by atoms with van der Waals surface area (Å²) in [4.78, 5) is 28.6. The van der Waals surface area contributed by atoms with Gasteiger partial charge in [-0.3, -0.25) is 0 Å². The summed E-state index contributed by atoms with van der Waals surface area (Å²) in [6, 6.07) is 16.4. The van der Waals surface area contributed by atoms with Crippen molar-refractivity contribution >= 4 is 23.5 Å². The number of benzene rings is 2. The van der Waals surface area contributed by atoms with Crippen LogP contribution in [-0.4, -0.2) is 12.2 Å². The Balaban J connectivity index is 1.59. The fourth-order valence-corrected chi connectivity index (χ4v) is 6.78. The van der Waals surface area contributed by atoms with E-state index in [0.717, 1.165) is 11.8 Å². The summed E-state index contributed by atoms with van der Waals surface area (Å²) in [6.45, 7) is 0. The first kappa shape index (κ1) is 17.3. The number of nitrogens with zero attached hydrogens (tertiary/aromatic N) is 2. The summed E-state index contributed by atoms with van der Waals surface area (Å²) in [5.74, 6) is 2.83. The normalized spacial score (nSPS) is 32.4. The van der Waals surface area contributed by atoms with Gasteiger partial charge < -0.3 is 0 Å². The fourth-order valence-electron chi connectivity index (χ4n) is 6.78. The van der Waals surface area contributed by atoms with Gasteiger partial charge in [-0.05, 0) is 91.2 Å². The second-order valence-corrected chi connectivity index (χ2v) is 8.79. The van der Waals surface area contributed by atoms with Crippen molar-refractivity contribution in [3.63, 3.8) is 0 Å². The fraction of sp³-hybridized carbons (Fsp3) is 0.417. The van der Waals surface area contributed by atoms with Gasteiger partial charge in [0.25, 0.3) is 0 Å². The van der Waals surface area contributed by atoms with Gasteiger partial charge in [0.15, 0.2) is 0 Å². The van der Waals surface area contributed by atoms with E-state index in [1.54, 1.807) is 12.2 Å². The first-order valence-electron chi connectivity index (χ1n) is 10.1. The predicted molar refractivity (Wildman–Crippen MR) is 106 cm³/mol. The maximum Gasteiger partial charge on any atom is 0.240 e. The SMILES string of the molecule is O=C=Nc1ccc(C2C3CC4CC(C3)CC2(c2ccc(N=C=O)cc2)C4)cc1. The Morgan fingerprint density at radius 2 is 1.29 bits per heavy atom. The minimum absolute atomic E-state index is 0.146. The van der Waals surface area contributed by atoms with Crippen LogP contribution in [0.5, 0.6) is 0 Å². The van der Waals surface area contributed by atoms with Crippen LogP contribution in [0.1, 0.15) is 49.1 Å². The minimum atomic E-state index is 0.146. The maximum atomic E-state index is 10.6. The third kappa shape index (κ3) is 2.69. The van der Waals surface area contributed by atoms with Crippen LogP contribution in [0.4, 0.5) is 11.4 Å². The largest absolute Gasteiger partial charge is 0.240 e. The highest BCUT2D eigenvalue weighted by Crippen LogP contribution is 2.66. The van der Waals surface area contributed by atoms with Crippen molar-refractivity contribution in [1.29, 1.82) is 0 Å². The molecule has 140 valence electrons. The smallest absolute Gasteiger partial charge is 0.211 e. The van der Waals surface area contributed by atoms with Crippen molar-refractivity contribution in [3.8, 4) is 0 Å². The van der Waals surface area contributed by atoms with E-state index in [1.807, 2.05) is 24.3 Å². The van der Waals surface area contributed by atoms with E-state index in [4.69, 9.17) is 0 Å². The molecule has 0 heterocycles. The van der Waals surface area contributed by atoms with Crippen LogP contribution < -0.4 is 0 Å². The van der Waals surface area contributed by atoms with Crippen LogP contribution in [0, 0.1) is 17.8 Å². The molecule has 4 heteroatoms. The zero-order valence-electron chi connectivity index (χ0n) is 15.7. The molecule has 2 aromatic rings. The summed E-state index contributed by atoms with van der Waals surface area (Å²) in [5, 5.41) is 0. The number of isocyanates is 2. The van der Waals surface area contributed by atoms with Gasteiger partial charge in [-0.1, -0.05) is 24.3 Å². The molecule has 3 atom stereocenters. The van der Waals surface area contributed by atoms with Crippen LogP contribution in [0.25, 0.3) is 0 Å². The molecule has 0 aliphatic heterocycles. The number of hydrogen-bond acceptors (Lipinski definition) is 4. The second-order valence-electron chi connectivity index (χ2n) is 8.79. The van der Waals surface area contributed by atoms with Crippen LogP contribution in [0.3, 0.4) is 0 Å². The molecule has 0 aromatic heterocycles. The summed E-state index contributed by atoms with van der Waals surface area (Å²) in [6.07, 6.45) is 9.74. The van der Waals surface area contributed by atoms with Gasteiger partial charge >= 0.3 is 0 Å². The molecular formula is C24H22N2O2. The van der Waals surface area contributed by atoms with Crippen molar-refractivity contribution in [2.45, 2.75) is 43.4 Å². The molecule has 6 rings (SSSR count). The van der Waals surface area contributed by atoms with E-state index in [2.05, 4.69) is 34.3 Å². The Morgan fingerprint density at radius 1 is 0.750 bits per heavy atom. The summed E-state index contributed by atoms with van der Waals surface area (Å²) in [7, 11) is 0. The lowest BCUT2D eigenvalue weighted by molar-refractivity contribution is -0.0280. The molecular weight excluding hydrogens is 348 g/mol. The van der Waals surface area contributed by atoms with E-state index >= 15 is 0 Å². The van der Waals surface area contributed by atoms with E-state index in [0.29, 0.717) is 23.2 Å². The van der Waals surface area contributed by atoms with E-state index in [9.17, 15) is 9.59 Å². The molecule has 3 unspecified atom stereocenters. The first-order chi connectivity index (χ1) is 13.7. The first-order valence-corrected chi connectivity index (χ1v) is 10.1. The molecule has 0 spiro atoms. The van der Waals surface area contributed by atoms with Gasteiger partial charge in [0, 0.05) is 5.41 Å².